The maximum Gasteiger partial charge on any atom is 0.277 e. The van der Waals surface area contributed by atoms with E-state index < -0.39 is 15.1 Å². The maximum atomic E-state index is 13.1. The molecule has 1 N–H and O–H groups in total. The molecule has 1 saturated heterocycles. The Balaban J connectivity index is 1.48. The molecule has 2 heterocycles. The second-order valence-electron chi connectivity index (χ2n) is 7.70. The molecule has 0 spiro atoms. The number of nitrogens with zero attached hydrogens (tertiary/aromatic N) is 2. The van der Waals surface area contributed by atoms with Crippen molar-refractivity contribution in [3.8, 4) is 0 Å². The average Bonchev–Trinajstić information content (AvgIpc) is 3.34. The Kier molecular flexibility index (Phi) is 6.43. The van der Waals surface area contributed by atoms with Gasteiger partial charge in [0.05, 0.1) is 11.5 Å². The van der Waals surface area contributed by atoms with Gasteiger partial charge >= 0.3 is 0 Å². The molecule has 0 unspecified atom stereocenters. The summed E-state index contributed by atoms with van der Waals surface area (Å²) in [6.07, 6.45) is 1.04. The zero-order valence-corrected chi connectivity index (χ0v) is 18.7. The number of amides is 1. The van der Waals surface area contributed by atoms with Gasteiger partial charge in [-0.1, -0.05) is 48.0 Å². The Morgan fingerprint density at radius 3 is 2.58 bits per heavy atom. The molecule has 0 aliphatic carbocycles. The van der Waals surface area contributed by atoms with Gasteiger partial charge in [0.15, 0.2) is 9.84 Å². The third kappa shape index (κ3) is 5.74. The van der Waals surface area contributed by atoms with E-state index in [1.54, 1.807) is 0 Å². The van der Waals surface area contributed by atoms with Crippen molar-refractivity contribution in [3.05, 3.63) is 71.6 Å². The fourth-order valence-electron chi connectivity index (χ4n) is 3.49. The highest BCUT2D eigenvalue weighted by Crippen LogP contribution is 2.36. The van der Waals surface area contributed by atoms with Crippen LogP contribution in [0.25, 0.3) is 0 Å². The zero-order valence-electron chi connectivity index (χ0n) is 17.0. The van der Waals surface area contributed by atoms with E-state index in [0.717, 1.165) is 11.1 Å². The molecular formula is C22H23N3O4S2. The molecule has 1 aliphatic heterocycles. The minimum atomic E-state index is -2.96. The Morgan fingerprint density at radius 1 is 1.16 bits per heavy atom. The molecule has 0 bridgehead atoms. The minimum Gasteiger partial charge on any atom is -0.416 e. The van der Waals surface area contributed by atoms with E-state index in [4.69, 9.17) is 4.42 Å². The molecule has 3 aromatic rings. The fourth-order valence-corrected chi connectivity index (χ4v) is 6.25. The van der Waals surface area contributed by atoms with Crippen molar-refractivity contribution in [2.24, 2.45) is 5.92 Å². The van der Waals surface area contributed by atoms with Gasteiger partial charge in [0.2, 0.25) is 11.8 Å². The zero-order chi connectivity index (χ0) is 21.8. The fraction of sp³-hybridized carbons (Fsp3) is 0.318. The molecule has 0 saturated carbocycles. The van der Waals surface area contributed by atoms with Crippen LogP contribution in [0.1, 0.15) is 28.7 Å². The van der Waals surface area contributed by atoms with Gasteiger partial charge in [0.1, 0.15) is 5.25 Å². The number of aryl methyl sites for hydroxylation is 1. The molecular weight excluding hydrogens is 434 g/mol. The Bertz CT molecular complexity index is 1150. The lowest BCUT2D eigenvalue weighted by molar-refractivity contribution is -0.115. The molecule has 1 aromatic heterocycles. The first-order chi connectivity index (χ1) is 14.9. The highest BCUT2D eigenvalue weighted by Gasteiger charge is 2.30. The first kappa shape index (κ1) is 21.6. The van der Waals surface area contributed by atoms with Crippen LogP contribution in [0.15, 0.2) is 64.2 Å². The molecule has 4 rings (SSSR count). The topological polar surface area (TPSA) is 102 Å². The van der Waals surface area contributed by atoms with Crippen LogP contribution in [0.5, 0.6) is 0 Å². The third-order valence-corrected chi connectivity index (χ3v) is 8.04. The maximum absolute atomic E-state index is 13.1. The predicted octanol–water partition coefficient (Wildman–Crippen LogP) is 3.83. The molecule has 9 heteroatoms. The van der Waals surface area contributed by atoms with Crippen LogP contribution in [0.2, 0.25) is 0 Å². The van der Waals surface area contributed by atoms with Crippen LogP contribution in [-0.4, -0.2) is 36.0 Å². The first-order valence-corrected chi connectivity index (χ1v) is 12.7. The number of hydrogen-bond acceptors (Lipinski definition) is 7. The van der Waals surface area contributed by atoms with Crippen LogP contribution in [0.3, 0.4) is 0 Å². The standard InChI is InChI=1S/C22H23N3O4S2/c1-15-7-9-18(10-8-15)23-21(26)20(17-5-3-2-4-6-17)30-22-25-24-19(29-22)13-16-11-12-31(27,28)14-16/h2-10,16,20H,11-14H2,1H3,(H,23,26)/t16-,20-/m0/s1. The highest BCUT2D eigenvalue weighted by atomic mass is 32.2. The van der Waals surface area contributed by atoms with Gasteiger partial charge in [-0.05, 0) is 48.7 Å². The number of carbonyl (C=O) groups excluding carboxylic acids is 1. The summed E-state index contributed by atoms with van der Waals surface area (Å²) in [5, 5.41) is 10.8. The Labute approximate surface area is 185 Å². The molecule has 7 nitrogen and oxygen atoms in total. The number of rotatable bonds is 7. The van der Waals surface area contributed by atoms with Crippen LogP contribution < -0.4 is 5.32 Å². The SMILES string of the molecule is Cc1ccc(NC(=O)[C@@H](Sc2nnc(C[C@@H]3CCS(=O)(=O)C3)o2)c2ccccc2)cc1. The van der Waals surface area contributed by atoms with Gasteiger partial charge in [-0.25, -0.2) is 8.42 Å². The number of hydrogen-bond donors (Lipinski definition) is 1. The Morgan fingerprint density at radius 2 is 1.90 bits per heavy atom. The summed E-state index contributed by atoms with van der Waals surface area (Å²) in [5.41, 5.74) is 2.64. The van der Waals surface area contributed by atoms with E-state index in [1.165, 1.54) is 11.8 Å². The monoisotopic (exact) mass is 457 g/mol. The summed E-state index contributed by atoms with van der Waals surface area (Å²) < 4.78 is 29.1. The molecule has 0 radical (unpaired) electrons. The quantitative estimate of drug-likeness (QED) is 0.538. The number of thioether (sulfide) groups is 1. The van der Waals surface area contributed by atoms with Crippen LogP contribution in [0, 0.1) is 12.8 Å². The lowest BCUT2D eigenvalue weighted by Gasteiger charge is -2.15. The summed E-state index contributed by atoms with van der Waals surface area (Å²) in [5.74, 6) is 0.571. The van der Waals surface area contributed by atoms with Crippen molar-refractivity contribution in [1.29, 1.82) is 0 Å². The van der Waals surface area contributed by atoms with Crippen LogP contribution in [-0.2, 0) is 21.1 Å². The lowest BCUT2D eigenvalue weighted by Crippen LogP contribution is -2.19. The van der Waals surface area contributed by atoms with Gasteiger partial charge in [-0.2, -0.15) is 0 Å². The van der Waals surface area contributed by atoms with E-state index in [1.807, 2.05) is 61.5 Å². The average molecular weight is 458 g/mol. The summed E-state index contributed by atoms with van der Waals surface area (Å²) in [6.45, 7) is 1.99. The van der Waals surface area contributed by atoms with Gasteiger partial charge < -0.3 is 9.73 Å². The second-order valence-corrected chi connectivity index (χ2v) is 11.0. The molecule has 2 atom stereocenters. The van der Waals surface area contributed by atoms with E-state index >= 15 is 0 Å². The molecule has 2 aromatic carbocycles. The lowest BCUT2D eigenvalue weighted by atomic mass is 10.1. The number of sulfone groups is 1. The van der Waals surface area contributed by atoms with E-state index in [-0.39, 0.29) is 28.6 Å². The van der Waals surface area contributed by atoms with Crippen molar-refractivity contribution in [1.82, 2.24) is 10.2 Å². The number of carbonyl (C=O) groups is 1. The van der Waals surface area contributed by atoms with Crippen molar-refractivity contribution < 1.29 is 17.6 Å². The van der Waals surface area contributed by atoms with Gasteiger partial charge in [-0.15, -0.1) is 10.2 Å². The van der Waals surface area contributed by atoms with Crippen LogP contribution in [0.4, 0.5) is 5.69 Å². The normalized spacial score (nSPS) is 18.5. The minimum absolute atomic E-state index is 0.00180. The van der Waals surface area contributed by atoms with E-state index in [2.05, 4.69) is 15.5 Å². The predicted molar refractivity (Wildman–Crippen MR) is 120 cm³/mol. The van der Waals surface area contributed by atoms with Crippen molar-refractivity contribution in [2.75, 3.05) is 16.8 Å². The summed E-state index contributed by atoms with van der Waals surface area (Å²) in [6, 6.07) is 17.0. The highest BCUT2D eigenvalue weighted by molar-refractivity contribution is 8.00. The molecule has 31 heavy (non-hydrogen) atoms. The van der Waals surface area contributed by atoms with Crippen molar-refractivity contribution in [3.63, 3.8) is 0 Å². The second kappa shape index (κ2) is 9.23. The summed E-state index contributed by atoms with van der Waals surface area (Å²) >= 11 is 1.18. The van der Waals surface area contributed by atoms with Crippen LogP contribution >= 0.6 is 11.8 Å². The van der Waals surface area contributed by atoms with Gasteiger partial charge in [0.25, 0.3) is 5.22 Å². The number of aromatic nitrogens is 2. The number of nitrogens with one attached hydrogen (secondary N) is 1. The van der Waals surface area contributed by atoms with E-state index in [0.29, 0.717) is 24.4 Å². The third-order valence-electron chi connectivity index (χ3n) is 5.12. The number of anilines is 1. The largest absolute Gasteiger partial charge is 0.416 e. The molecule has 1 aliphatic rings. The summed E-state index contributed by atoms with van der Waals surface area (Å²) in [7, 11) is -2.96. The molecule has 1 amide bonds. The van der Waals surface area contributed by atoms with Gasteiger partial charge in [-0.3, -0.25) is 4.79 Å². The molecule has 162 valence electrons. The van der Waals surface area contributed by atoms with Crippen molar-refractivity contribution >= 4 is 33.2 Å². The van der Waals surface area contributed by atoms with E-state index in [9.17, 15) is 13.2 Å². The molecule has 1 fully saturated rings. The Hall–Kier alpha value is -2.65. The van der Waals surface area contributed by atoms with Crippen molar-refractivity contribution in [2.45, 2.75) is 30.2 Å². The smallest absolute Gasteiger partial charge is 0.277 e. The first-order valence-electron chi connectivity index (χ1n) is 10.00. The summed E-state index contributed by atoms with van der Waals surface area (Å²) in [4.78, 5) is 13.1. The number of benzene rings is 2. The van der Waals surface area contributed by atoms with Gasteiger partial charge in [0, 0.05) is 12.1 Å².